The number of nitrogens with zero attached hydrogens (tertiary/aromatic N) is 2. The van der Waals surface area contributed by atoms with Gasteiger partial charge in [-0.25, -0.2) is 13.2 Å². The van der Waals surface area contributed by atoms with Gasteiger partial charge in [-0.15, -0.1) is 0 Å². The average Bonchev–Trinajstić information content (AvgIpc) is 2.70. The molecule has 2 unspecified atom stereocenters. The van der Waals surface area contributed by atoms with Crippen LogP contribution in [0, 0.1) is 5.92 Å². The zero-order valence-corrected chi connectivity index (χ0v) is 12.7. The van der Waals surface area contributed by atoms with Crippen molar-refractivity contribution in [3.05, 3.63) is 0 Å². The van der Waals surface area contributed by atoms with Crippen LogP contribution in [0.5, 0.6) is 0 Å². The molecule has 0 aromatic heterocycles. The van der Waals surface area contributed by atoms with E-state index < -0.39 is 9.84 Å². The Morgan fingerprint density at radius 2 is 2.11 bits per heavy atom. The van der Waals surface area contributed by atoms with Gasteiger partial charge >= 0.3 is 6.03 Å². The first-order valence-corrected chi connectivity index (χ1v) is 9.01. The first kappa shape index (κ1) is 14.6. The van der Waals surface area contributed by atoms with Crippen LogP contribution in [0.4, 0.5) is 4.79 Å². The molecule has 5 nitrogen and oxygen atoms in total. The Labute approximate surface area is 115 Å². The highest BCUT2D eigenvalue weighted by atomic mass is 32.2. The molecule has 0 aromatic carbocycles. The number of carbonyl (C=O) groups excluding carboxylic acids is 1. The summed E-state index contributed by atoms with van der Waals surface area (Å²) in [6.45, 7) is 6.28. The van der Waals surface area contributed by atoms with Gasteiger partial charge in [0.1, 0.15) is 0 Å². The fourth-order valence-corrected chi connectivity index (χ4v) is 4.85. The van der Waals surface area contributed by atoms with Crippen LogP contribution in [0.1, 0.15) is 33.1 Å². The first-order valence-electron chi connectivity index (χ1n) is 7.19. The lowest BCUT2D eigenvalue weighted by atomic mass is 10.0. The zero-order chi connectivity index (χ0) is 14.0. The monoisotopic (exact) mass is 288 g/mol. The molecular formula is C13H24N2O3S. The number of rotatable bonds is 2. The van der Waals surface area contributed by atoms with Crippen molar-refractivity contribution in [2.45, 2.75) is 39.2 Å². The van der Waals surface area contributed by atoms with Crippen molar-refractivity contribution in [2.75, 3.05) is 31.1 Å². The number of amides is 2. The van der Waals surface area contributed by atoms with Gasteiger partial charge < -0.3 is 9.80 Å². The van der Waals surface area contributed by atoms with E-state index in [1.165, 1.54) is 6.42 Å². The third kappa shape index (κ3) is 3.41. The molecule has 0 bridgehead atoms. The lowest BCUT2D eigenvalue weighted by Crippen LogP contribution is -2.51. The molecule has 19 heavy (non-hydrogen) atoms. The van der Waals surface area contributed by atoms with Gasteiger partial charge in [0, 0.05) is 25.7 Å². The van der Waals surface area contributed by atoms with Crippen LogP contribution in [0.3, 0.4) is 0 Å². The van der Waals surface area contributed by atoms with Crippen molar-refractivity contribution in [1.82, 2.24) is 9.80 Å². The SMILES string of the molecule is CCN(C(=O)N1CCCC(C)C1)C1CCS(=O)(=O)C1. The Morgan fingerprint density at radius 3 is 2.63 bits per heavy atom. The average molecular weight is 288 g/mol. The largest absolute Gasteiger partial charge is 0.324 e. The molecule has 0 N–H and O–H groups in total. The fraction of sp³-hybridized carbons (Fsp3) is 0.923. The fourth-order valence-electron chi connectivity index (χ4n) is 3.12. The molecule has 2 heterocycles. The van der Waals surface area contributed by atoms with Crippen LogP contribution in [-0.2, 0) is 9.84 Å². The van der Waals surface area contributed by atoms with Gasteiger partial charge in [0.2, 0.25) is 0 Å². The molecule has 2 fully saturated rings. The van der Waals surface area contributed by atoms with Gasteiger partial charge in [-0.1, -0.05) is 6.92 Å². The highest BCUT2D eigenvalue weighted by Gasteiger charge is 2.36. The zero-order valence-electron chi connectivity index (χ0n) is 11.8. The molecule has 2 amide bonds. The van der Waals surface area contributed by atoms with Crippen LogP contribution in [0.25, 0.3) is 0 Å². The number of sulfone groups is 1. The van der Waals surface area contributed by atoms with Crippen LogP contribution < -0.4 is 0 Å². The molecule has 2 aliphatic rings. The molecule has 2 atom stereocenters. The number of piperidine rings is 1. The maximum Gasteiger partial charge on any atom is 0.320 e. The van der Waals surface area contributed by atoms with E-state index in [1.807, 2.05) is 11.8 Å². The van der Waals surface area contributed by atoms with E-state index in [0.717, 1.165) is 19.5 Å². The maximum atomic E-state index is 12.5. The minimum absolute atomic E-state index is 0.0242. The summed E-state index contributed by atoms with van der Waals surface area (Å²) in [7, 11) is -2.94. The quantitative estimate of drug-likeness (QED) is 0.770. The van der Waals surface area contributed by atoms with Crippen molar-refractivity contribution in [2.24, 2.45) is 5.92 Å². The van der Waals surface area contributed by atoms with E-state index in [1.54, 1.807) is 4.90 Å². The summed E-state index contributed by atoms with van der Waals surface area (Å²) in [5.74, 6) is 0.900. The van der Waals surface area contributed by atoms with E-state index in [2.05, 4.69) is 6.92 Å². The van der Waals surface area contributed by atoms with Crippen molar-refractivity contribution < 1.29 is 13.2 Å². The third-order valence-electron chi connectivity index (χ3n) is 4.16. The van der Waals surface area contributed by atoms with E-state index in [9.17, 15) is 13.2 Å². The highest BCUT2D eigenvalue weighted by molar-refractivity contribution is 7.91. The number of hydrogen-bond donors (Lipinski definition) is 0. The van der Waals surface area contributed by atoms with E-state index in [0.29, 0.717) is 18.9 Å². The number of likely N-dealkylation sites (tertiary alicyclic amines) is 1. The minimum Gasteiger partial charge on any atom is -0.324 e. The molecule has 0 aromatic rings. The smallest absolute Gasteiger partial charge is 0.320 e. The standard InChI is InChI=1S/C13H24N2O3S/c1-3-15(12-6-8-19(17,18)10-12)13(16)14-7-4-5-11(2)9-14/h11-12H,3-10H2,1-2H3. The number of urea groups is 1. The maximum absolute atomic E-state index is 12.5. The third-order valence-corrected chi connectivity index (χ3v) is 5.91. The van der Waals surface area contributed by atoms with Crippen LogP contribution in [0.15, 0.2) is 0 Å². The first-order chi connectivity index (χ1) is 8.93. The number of hydrogen-bond acceptors (Lipinski definition) is 3. The van der Waals surface area contributed by atoms with Crippen LogP contribution in [-0.4, -0.2) is 61.4 Å². The molecule has 6 heteroatoms. The molecule has 2 saturated heterocycles. The summed E-state index contributed by atoms with van der Waals surface area (Å²) in [5.41, 5.74) is 0. The Kier molecular flexibility index (Phi) is 4.38. The van der Waals surface area contributed by atoms with Crippen molar-refractivity contribution >= 4 is 15.9 Å². The molecule has 2 aliphatic heterocycles. The van der Waals surface area contributed by atoms with Crippen LogP contribution in [0.2, 0.25) is 0 Å². The van der Waals surface area contributed by atoms with Gasteiger partial charge in [-0.3, -0.25) is 0 Å². The molecule has 0 saturated carbocycles. The van der Waals surface area contributed by atoms with Gasteiger partial charge in [-0.2, -0.15) is 0 Å². The van der Waals surface area contributed by atoms with Crippen molar-refractivity contribution in [3.8, 4) is 0 Å². The normalized spacial score (nSPS) is 30.3. The summed E-state index contributed by atoms with van der Waals surface area (Å²) in [6.07, 6.45) is 2.81. The summed E-state index contributed by atoms with van der Waals surface area (Å²) in [5, 5.41) is 0. The predicted molar refractivity (Wildman–Crippen MR) is 74.8 cm³/mol. The lowest BCUT2D eigenvalue weighted by molar-refractivity contribution is 0.121. The second kappa shape index (κ2) is 5.69. The predicted octanol–water partition coefficient (Wildman–Crippen LogP) is 1.35. The topological polar surface area (TPSA) is 57.7 Å². The van der Waals surface area contributed by atoms with E-state index in [4.69, 9.17) is 0 Å². The van der Waals surface area contributed by atoms with Gasteiger partial charge in [0.15, 0.2) is 9.84 Å². The Balaban J connectivity index is 2.03. The second-order valence-corrected chi connectivity index (χ2v) is 8.05. The molecule has 2 rings (SSSR count). The van der Waals surface area contributed by atoms with Gasteiger partial charge in [0.05, 0.1) is 11.5 Å². The highest BCUT2D eigenvalue weighted by Crippen LogP contribution is 2.22. The molecule has 0 aliphatic carbocycles. The summed E-state index contributed by atoms with van der Waals surface area (Å²) < 4.78 is 23.1. The molecule has 110 valence electrons. The van der Waals surface area contributed by atoms with Gasteiger partial charge in [-0.05, 0) is 32.1 Å². The Hall–Kier alpha value is -0.780. The Bertz CT molecular complexity index is 435. The molecule has 0 radical (unpaired) electrons. The second-order valence-electron chi connectivity index (χ2n) is 5.82. The van der Waals surface area contributed by atoms with Crippen LogP contribution >= 0.6 is 0 Å². The van der Waals surface area contributed by atoms with Gasteiger partial charge in [0.25, 0.3) is 0 Å². The van der Waals surface area contributed by atoms with Crippen molar-refractivity contribution in [1.29, 1.82) is 0 Å². The van der Waals surface area contributed by atoms with E-state index >= 15 is 0 Å². The van der Waals surface area contributed by atoms with Crippen molar-refractivity contribution in [3.63, 3.8) is 0 Å². The summed E-state index contributed by atoms with van der Waals surface area (Å²) in [4.78, 5) is 16.2. The molecule has 0 spiro atoms. The Morgan fingerprint density at radius 1 is 1.37 bits per heavy atom. The lowest BCUT2D eigenvalue weighted by Gasteiger charge is -2.37. The molecular weight excluding hydrogens is 264 g/mol. The van der Waals surface area contributed by atoms with E-state index in [-0.39, 0.29) is 23.6 Å². The summed E-state index contributed by atoms with van der Waals surface area (Å²) >= 11 is 0. The minimum atomic E-state index is -2.94. The number of carbonyl (C=O) groups is 1. The summed E-state index contributed by atoms with van der Waals surface area (Å²) in [6, 6.07) is -0.101.